The van der Waals surface area contributed by atoms with Gasteiger partial charge in [0.05, 0.1) is 0 Å². The predicted molar refractivity (Wildman–Crippen MR) is 40.5 cm³/mol. The predicted octanol–water partition coefficient (Wildman–Crippen LogP) is 0.633. The molecule has 0 bridgehead atoms. The molecule has 1 heterocycles. The van der Waals surface area contributed by atoms with Crippen LogP contribution >= 0.6 is 12.4 Å². The second kappa shape index (κ2) is 3.78. The van der Waals surface area contributed by atoms with Crippen LogP contribution in [0.4, 0.5) is 0 Å². The summed E-state index contributed by atoms with van der Waals surface area (Å²) in [6.07, 6.45) is 1.76. The lowest BCUT2D eigenvalue weighted by atomic mass is 10.2. The molecule has 0 aliphatic carbocycles. The van der Waals surface area contributed by atoms with Crippen LogP contribution in [0.5, 0.6) is 0 Å². The molecule has 4 heteroatoms. The summed E-state index contributed by atoms with van der Waals surface area (Å²) in [5.41, 5.74) is 0. The molecule has 1 aliphatic rings. The summed E-state index contributed by atoms with van der Waals surface area (Å²) in [6, 6.07) is 0.0890. The Balaban J connectivity index is 0.000000810. The first kappa shape index (κ1) is 9.72. The number of hydrogen-bond acceptors (Lipinski definition) is 2. The van der Waals surface area contributed by atoms with Gasteiger partial charge in [0.25, 0.3) is 0 Å². The molecule has 0 aromatic heterocycles. The van der Waals surface area contributed by atoms with Crippen LogP contribution in [0.3, 0.4) is 0 Å². The molecule has 2 N–H and O–H groups in total. The van der Waals surface area contributed by atoms with E-state index >= 15 is 0 Å². The smallest absolute Gasteiger partial charge is 0.320 e. The number of halogens is 1. The van der Waals surface area contributed by atoms with Crippen molar-refractivity contribution in [3.63, 3.8) is 0 Å². The van der Waals surface area contributed by atoms with Crippen LogP contribution in [0.1, 0.15) is 19.8 Å². The zero-order valence-corrected chi connectivity index (χ0v) is 6.65. The molecule has 1 rings (SSSR count). The minimum absolute atomic E-state index is 0. The van der Waals surface area contributed by atoms with E-state index in [0.29, 0.717) is 6.04 Å². The molecule has 0 aromatic rings. The van der Waals surface area contributed by atoms with E-state index in [2.05, 4.69) is 5.32 Å². The summed E-state index contributed by atoms with van der Waals surface area (Å²) in [6.45, 7) is 2.00. The molecule has 0 amide bonds. The van der Waals surface area contributed by atoms with Crippen molar-refractivity contribution in [1.82, 2.24) is 5.32 Å². The number of carbonyl (C=O) groups is 1. The lowest BCUT2D eigenvalue weighted by molar-refractivity contribution is -0.139. The van der Waals surface area contributed by atoms with Crippen molar-refractivity contribution in [2.75, 3.05) is 0 Å². The molecule has 10 heavy (non-hydrogen) atoms. The summed E-state index contributed by atoms with van der Waals surface area (Å²) >= 11 is 0. The van der Waals surface area contributed by atoms with E-state index < -0.39 is 5.97 Å². The van der Waals surface area contributed by atoms with Gasteiger partial charge in [0, 0.05) is 6.04 Å². The van der Waals surface area contributed by atoms with Crippen molar-refractivity contribution in [2.24, 2.45) is 0 Å². The zero-order valence-electron chi connectivity index (χ0n) is 5.83. The van der Waals surface area contributed by atoms with Crippen LogP contribution in [0, 0.1) is 0 Å². The Labute approximate surface area is 66.2 Å². The van der Waals surface area contributed by atoms with Crippen molar-refractivity contribution in [2.45, 2.75) is 31.8 Å². The third-order valence-electron chi connectivity index (χ3n) is 1.67. The molecular weight excluding hydrogens is 154 g/mol. The molecule has 2 atom stereocenters. The molecule has 1 fully saturated rings. The van der Waals surface area contributed by atoms with Gasteiger partial charge in [-0.05, 0) is 19.8 Å². The second-order valence-electron chi connectivity index (χ2n) is 2.54. The average Bonchev–Trinajstić information content (AvgIpc) is 2.14. The fraction of sp³-hybridized carbons (Fsp3) is 0.833. The molecule has 0 aromatic carbocycles. The Hall–Kier alpha value is -0.280. The van der Waals surface area contributed by atoms with Crippen molar-refractivity contribution in [3.05, 3.63) is 0 Å². The summed E-state index contributed by atoms with van der Waals surface area (Å²) < 4.78 is 0. The standard InChI is InChI=1S/C6H11NO2.ClH/c1-4-2-3-5(7-4)6(8)9;/h4-5,7H,2-3H2,1H3,(H,8,9);1H/t4-,5+;/m0./s1. The van der Waals surface area contributed by atoms with Crippen molar-refractivity contribution < 1.29 is 9.90 Å². The van der Waals surface area contributed by atoms with E-state index in [1.54, 1.807) is 0 Å². The first-order valence-electron chi connectivity index (χ1n) is 3.19. The quantitative estimate of drug-likeness (QED) is 0.600. The fourth-order valence-corrected chi connectivity index (χ4v) is 1.12. The maximum absolute atomic E-state index is 10.3. The summed E-state index contributed by atoms with van der Waals surface area (Å²) in [5, 5.41) is 11.4. The van der Waals surface area contributed by atoms with Gasteiger partial charge in [0.15, 0.2) is 0 Å². The van der Waals surface area contributed by atoms with Crippen LogP contribution in [-0.2, 0) is 4.79 Å². The Morgan fingerprint density at radius 1 is 1.60 bits per heavy atom. The molecule has 3 nitrogen and oxygen atoms in total. The number of carboxylic acid groups (broad SMARTS) is 1. The number of rotatable bonds is 1. The Bertz CT molecular complexity index is 129. The van der Waals surface area contributed by atoms with Crippen LogP contribution in [0.15, 0.2) is 0 Å². The molecule has 1 aliphatic heterocycles. The van der Waals surface area contributed by atoms with Gasteiger partial charge in [-0.3, -0.25) is 4.79 Å². The topological polar surface area (TPSA) is 49.3 Å². The van der Waals surface area contributed by atoms with Crippen LogP contribution in [0.2, 0.25) is 0 Å². The maximum Gasteiger partial charge on any atom is 0.320 e. The summed E-state index contributed by atoms with van der Waals surface area (Å²) in [5.74, 6) is -0.723. The Morgan fingerprint density at radius 3 is 2.40 bits per heavy atom. The van der Waals surface area contributed by atoms with E-state index in [1.165, 1.54) is 0 Å². The minimum atomic E-state index is -0.723. The molecule has 0 radical (unpaired) electrons. The monoisotopic (exact) mass is 165 g/mol. The molecular formula is C6H12ClNO2. The molecule has 1 saturated heterocycles. The lowest BCUT2D eigenvalue weighted by Crippen LogP contribution is -2.33. The van der Waals surface area contributed by atoms with Crippen molar-refractivity contribution in [3.8, 4) is 0 Å². The van der Waals surface area contributed by atoms with Crippen LogP contribution in [-0.4, -0.2) is 23.2 Å². The first-order valence-corrected chi connectivity index (χ1v) is 3.19. The molecule has 0 spiro atoms. The molecule has 60 valence electrons. The molecule has 0 unspecified atom stereocenters. The zero-order chi connectivity index (χ0) is 6.85. The van der Waals surface area contributed by atoms with Gasteiger partial charge < -0.3 is 10.4 Å². The number of nitrogens with one attached hydrogen (secondary N) is 1. The van der Waals surface area contributed by atoms with Crippen LogP contribution < -0.4 is 5.32 Å². The van der Waals surface area contributed by atoms with E-state index in [0.717, 1.165) is 12.8 Å². The number of hydrogen-bond donors (Lipinski definition) is 2. The average molecular weight is 166 g/mol. The van der Waals surface area contributed by atoms with Gasteiger partial charge in [-0.1, -0.05) is 0 Å². The van der Waals surface area contributed by atoms with Gasteiger partial charge in [0.1, 0.15) is 6.04 Å². The van der Waals surface area contributed by atoms with Gasteiger partial charge in [-0.2, -0.15) is 0 Å². The van der Waals surface area contributed by atoms with Crippen LogP contribution in [0.25, 0.3) is 0 Å². The van der Waals surface area contributed by atoms with E-state index in [-0.39, 0.29) is 18.4 Å². The van der Waals surface area contributed by atoms with E-state index in [9.17, 15) is 4.79 Å². The van der Waals surface area contributed by atoms with Crippen molar-refractivity contribution in [1.29, 1.82) is 0 Å². The van der Waals surface area contributed by atoms with Gasteiger partial charge >= 0.3 is 5.97 Å². The van der Waals surface area contributed by atoms with Gasteiger partial charge in [-0.25, -0.2) is 0 Å². The third kappa shape index (κ3) is 2.15. The fourth-order valence-electron chi connectivity index (χ4n) is 1.12. The normalized spacial score (nSPS) is 31.3. The van der Waals surface area contributed by atoms with Gasteiger partial charge in [0.2, 0.25) is 0 Å². The minimum Gasteiger partial charge on any atom is -0.480 e. The van der Waals surface area contributed by atoms with E-state index in [4.69, 9.17) is 5.11 Å². The maximum atomic E-state index is 10.3. The highest BCUT2D eigenvalue weighted by Crippen LogP contribution is 2.10. The molecule has 0 saturated carbocycles. The SMILES string of the molecule is C[C@H]1CC[C@H](C(=O)O)N1.Cl. The lowest BCUT2D eigenvalue weighted by Gasteiger charge is -2.03. The van der Waals surface area contributed by atoms with Crippen molar-refractivity contribution >= 4 is 18.4 Å². The highest BCUT2D eigenvalue weighted by molar-refractivity contribution is 5.85. The van der Waals surface area contributed by atoms with Gasteiger partial charge in [-0.15, -0.1) is 12.4 Å². The Kier molecular flexibility index (Phi) is 3.68. The number of carboxylic acids is 1. The summed E-state index contributed by atoms with van der Waals surface area (Å²) in [4.78, 5) is 10.3. The third-order valence-corrected chi connectivity index (χ3v) is 1.67. The highest BCUT2D eigenvalue weighted by atomic mass is 35.5. The largest absolute Gasteiger partial charge is 0.480 e. The van der Waals surface area contributed by atoms with E-state index in [1.807, 2.05) is 6.92 Å². The second-order valence-corrected chi connectivity index (χ2v) is 2.54. The summed E-state index contributed by atoms with van der Waals surface area (Å²) in [7, 11) is 0. The first-order chi connectivity index (χ1) is 4.20. The Morgan fingerprint density at radius 2 is 2.20 bits per heavy atom. The highest BCUT2D eigenvalue weighted by Gasteiger charge is 2.25. The number of aliphatic carboxylic acids is 1.